The maximum atomic E-state index is 14.0. The zero-order chi connectivity index (χ0) is 21.1. The summed E-state index contributed by atoms with van der Waals surface area (Å²) in [6.45, 7) is 6.74. The van der Waals surface area contributed by atoms with Gasteiger partial charge in [-0.2, -0.15) is 5.10 Å². The Morgan fingerprint density at radius 2 is 2.30 bits per heavy atom. The molecule has 7 nitrogen and oxygen atoms in total. The van der Waals surface area contributed by atoms with Crippen LogP contribution in [-0.4, -0.2) is 46.4 Å². The number of aromatic nitrogens is 2. The third-order valence-electron chi connectivity index (χ3n) is 5.69. The van der Waals surface area contributed by atoms with Crippen molar-refractivity contribution < 1.29 is 13.9 Å². The fraction of sp³-hybridized carbons (Fsp3) is 0.524. The number of piperidine rings is 1. The van der Waals surface area contributed by atoms with Gasteiger partial charge in [0.05, 0.1) is 29.6 Å². The van der Waals surface area contributed by atoms with Crippen LogP contribution in [0.2, 0.25) is 5.02 Å². The number of halogens is 2. The second kappa shape index (κ2) is 9.32. The van der Waals surface area contributed by atoms with Crippen LogP contribution in [0.4, 0.5) is 14.9 Å². The first-order valence-electron chi connectivity index (χ1n) is 10.4. The van der Waals surface area contributed by atoms with Gasteiger partial charge in [-0.1, -0.05) is 17.7 Å². The second-order valence-electron chi connectivity index (χ2n) is 7.76. The normalized spacial score (nSPS) is 19.4. The van der Waals surface area contributed by atoms with Crippen molar-refractivity contribution in [2.24, 2.45) is 0 Å². The monoisotopic (exact) mass is 435 g/mol. The van der Waals surface area contributed by atoms with E-state index < -0.39 is 11.8 Å². The summed E-state index contributed by atoms with van der Waals surface area (Å²) in [5.41, 5.74) is 3.64. The Balaban J connectivity index is 1.36. The van der Waals surface area contributed by atoms with E-state index in [1.54, 1.807) is 6.07 Å². The van der Waals surface area contributed by atoms with Gasteiger partial charge >= 0.3 is 6.03 Å². The number of nitrogens with zero attached hydrogens (tertiary/aromatic N) is 3. The molecule has 4 rings (SSSR count). The topological polar surface area (TPSA) is 71.4 Å². The molecule has 1 aromatic carbocycles. The Bertz CT molecular complexity index is 919. The molecule has 2 aromatic rings. The highest BCUT2D eigenvalue weighted by Crippen LogP contribution is 2.24. The van der Waals surface area contributed by atoms with E-state index in [0.717, 1.165) is 57.7 Å². The van der Waals surface area contributed by atoms with E-state index in [2.05, 4.69) is 27.1 Å². The molecule has 9 heteroatoms. The van der Waals surface area contributed by atoms with Crippen molar-refractivity contribution in [3.05, 3.63) is 46.0 Å². The van der Waals surface area contributed by atoms with Gasteiger partial charge in [-0.15, -0.1) is 0 Å². The Kier molecular flexibility index (Phi) is 6.55. The standard InChI is InChI=1S/C21H27ClFN5O2/c1-2-28-19-8-10-30-13-15(19)18(26-28)12-27-9-4-5-14(11-27)24-21(29)25-17-7-3-6-16(22)20(17)23/h3,6-7,14H,2,4-5,8-13H2,1H3,(H2,24,25,29). The molecule has 0 aliphatic carbocycles. The minimum absolute atomic E-state index is 0.0127. The first kappa shape index (κ1) is 21.1. The van der Waals surface area contributed by atoms with Crippen LogP contribution in [0.25, 0.3) is 0 Å². The van der Waals surface area contributed by atoms with E-state index in [1.807, 2.05) is 0 Å². The predicted octanol–water partition coefficient (Wildman–Crippen LogP) is 3.55. The molecular formula is C21H27ClFN5O2. The molecular weight excluding hydrogens is 409 g/mol. The lowest BCUT2D eigenvalue weighted by Crippen LogP contribution is -2.48. The number of rotatable bonds is 5. The van der Waals surface area contributed by atoms with Crippen LogP contribution in [0.15, 0.2) is 18.2 Å². The van der Waals surface area contributed by atoms with Gasteiger partial charge in [0.15, 0.2) is 5.82 Å². The summed E-state index contributed by atoms with van der Waals surface area (Å²) in [7, 11) is 0. The van der Waals surface area contributed by atoms with E-state index in [9.17, 15) is 9.18 Å². The summed E-state index contributed by atoms with van der Waals surface area (Å²) < 4.78 is 21.8. The number of fused-ring (bicyclic) bond motifs is 1. The number of amides is 2. The number of benzene rings is 1. The smallest absolute Gasteiger partial charge is 0.319 e. The highest BCUT2D eigenvalue weighted by molar-refractivity contribution is 6.31. The fourth-order valence-corrected chi connectivity index (χ4v) is 4.41. The minimum atomic E-state index is -0.627. The van der Waals surface area contributed by atoms with Crippen molar-refractivity contribution in [1.29, 1.82) is 0 Å². The molecule has 0 spiro atoms. The van der Waals surface area contributed by atoms with E-state index in [0.29, 0.717) is 6.61 Å². The molecule has 3 heterocycles. The lowest BCUT2D eigenvalue weighted by molar-refractivity contribution is 0.107. The van der Waals surface area contributed by atoms with Crippen LogP contribution in [0.5, 0.6) is 0 Å². The van der Waals surface area contributed by atoms with E-state index in [1.165, 1.54) is 23.4 Å². The number of aryl methyl sites for hydroxylation is 1. The molecule has 1 atom stereocenters. The number of ether oxygens (including phenoxy) is 1. The van der Waals surface area contributed by atoms with E-state index in [4.69, 9.17) is 21.4 Å². The van der Waals surface area contributed by atoms with Crippen molar-refractivity contribution in [1.82, 2.24) is 20.0 Å². The van der Waals surface area contributed by atoms with Crippen molar-refractivity contribution in [2.45, 2.75) is 51.9 Å². The maximum absolute atomic E-state index is 14.0. The molecule has 2 aliphatic heterocycles. The summed E-state index contributed by atoms with van der Waals surface area (Å²) in [6, 6.07) is 4.10. The van der Waals surface area contributed by atoms with Crippen LogP contribution >= 0.6 is 11.6 Å². The molecule has 1 saturated heterocycles. The average Bonchev–Trinajstić information content (AvgIpc) is 3.09. The van der Waals surface area contributed by atoms with Gasteiger partial charge in [0.2, 0.25) is 0 Å². The molecule has 2 N–H and O–H groups in total. The summed E-state index contributed by atoms with van der Waals surface area (Å²) in [5, 5.41) is 10.3. The lowest BCUT2D eigenvalue weighted by atomic mass is 10.0. The summed E-state index contributed by atoms with van der Waals surface area (Å²) in [6.07, 6.45) is 2.76. The summed E-state index contributed by atoms with van der Waals surface area (Å²) >= 11 is 5.78. The lowest BCUT2D eigenvalue weighted by Gasteiger charge is -2.33. The van der Waals surface area contributed by atoms with Crippen molar-refractivity contribution in [3.63, 3.8) is 0 Å². The average molecular weight is 436 g/mol. The van der Waals surface area contributed by atoms with Crippen LogP contribution < -0.4 is 10.6 Å². The first-order chi connectivity index (χ1) is 14.5. The fourth-order valence-electron chi connectivity index (χ4n) is 4.24. The largest absolute Gasteiger partial charge is 0.376 e. The molecule has 2 aliphatic rings. The maximum Gasteiger partial charge on any atom is 0.319 e. The number of anilines is 1. The zero-order valence-corrected chi connectivity index (χ0v) is 17.8. The molecule has 0 saturated carbocycles. The number of likely N-dealkylation sites (tertiary alicyclic amines) is 1. The molecule has 0 radical (unpaired) electrons. The van der Waals surface area contributed by atoms with Gasteiger partial charge in [-0.25, -0.2) is 9.18 Å². The van der Waals surface area contributed by atoms with Crippen LogP contribution in [-0.2, 0) is 30.9 Å². The third-order valence-corrected chi connectivity index (χ3v) is 5.98. The number of urea groups is 1. The van der Waals surface area contributed by atoms with Crippen LogP contribution in [0.1, 0.15) is 36.7 Å². The Morgan fingerprint density at radius 3 is 3.13 bits per heavy atom. The number of hydrogen-bond acceptors (Lipinski definition) is 4. The number of nitrogens with one attached hydrogen (secondary N) is 2. The molecule has 0 bridgehead atoms. The summed E-state index contributed by atoms with van der Waals surface area (Å²) in [4.78, 5) is 14.7. The van der Waals surface area contributed by atoms with Gasteiger partial charge in [0.1, 0.15) is 0 Å². The highest BCUT2D eigenvalue weighted by atomic mass is 35.5. The molecule has 2 amide bonds. The minimum Gasteiger partial charge on any atom is -0.376 e. The molecule has 1 unspecified atom stereocenters. The van der Waals surface area contributed by atoms with Gasteiger partial charge in [0.25, 0.3) is 0 Å². The first-order valence-corrected chi connectivity index (χ1v) is 10.8. The van der Waals surface area contributed by atoms with Gasteiger partial charge in [-0.3, -0.25) is 9.58 Å². The van der Waals surface area contributed by atoms with Gasteiger partial charge < -0.3 is 15.4 Å². The molecule has 1 aromatic heterocycles. The SMILES string of the molecule is CCn1nc(CN2CCCC(NC(=O)Nc3cccc(Cl)c3F)C2)c2c1CCOC2. The Morgan fingerprint density at radius 1 is 1.43 bits per heavy atom. The number of hydrogen-bond donors (Lipinski definition) is 2. The van der Waals surface area contributed by atoms with Gasteiger partial charge in [-0.05, 0) is 38.4 Å². The van der Waals surface area contributed by atoms with E-state index >= 15 is 0 Å². The van der Waals surface area contributed by atoms with Crippen molar-refractivity contribution in [2.75, 3.05) is 25.0 Å². The zero-order valence-electron chi connectivity index (χ0n) is 17.1. The highest BCUT2D eigenvalue weighted by Gasteiger charge is 2.26. The van der Waals surface area contributed by atoms with E-state index in [-0.39, 0.29) is 16.8 Å². The third kappa shape index (κ3) is 4.61. The molecule has 1 fully saturated rings. The van der Waals surface area contributed by atoms with Crippen molar-refractivity contribution in [3.8, 4) is 0 Å². The Hall–Kier alpha value is -2.16. The second-order valence-corrected chi connectivity index (χ2v) is 8.17. The quantitative estimate of drug-likeness (QED) is 0.753. The Labute approximate surface area is 180 Å². The number of carbonyl (C=O) groups excluding carboxylic acids is 1. The molecule has 30 heavy (non-hydrogen) atoms. The van der Waals surface area contributed by atoms with Gasteiger partial charge in [0, 0.05) is 43.4 Å². The summed E-state index contributed by atoms with van der Waals surface area (Å²) in [5.74, 6) is -0.627. The van der Waals surface area contributed by atoms with Crippen LogP contribution in [0, 0.1) is 5.82 Å². The predicted molar refractivity (Wildman–Crippen MR) is 113 cm³/mol. The number of carbonyl (C=O) groups is 1. The molecule has 162 valence electrons. The van der Waals surface area contributed by atoms with Crippen LogP contribution in [0.3, 0.4) is 0 Å². The van der Waals surface area contributed by atoms with Crippen molar-refractivity contribution >= 4 is 23.3 Å².